The number of guanidine groups is 1. The molecular formula is C19H22IN3O3. The molecule has 26 heavy (non-hydrogen) atoms. The Labute approximate surface area is 170 Å². The second kappa shape index (κ2) is 10.4. The van der Waals surface area contributed by atoms with Gasteiger partial charge in [0, 0.05) is 16.8 Å². The third kappa shape index (κ3) is 5.20. The molecule has 0 aliphatic heterocycles. The normalized spacial score (nSPS) is 10.3. The molecule has 0 heterocycles. The number of ether oxygens (including phenoxy) is 3. The van der Waals surface area contributed by atoms with Crippen LogP contribution in [0.25, 0.3) is 0 Å². The predicted molar refractivity (Wildman–Crippen MR) is 115 cm³/mol. The quantitative estimate of drug-likeness (QED) is 0.295. The molecule has 0 radical (unpaired) electrons. The van der Waals surface area contributed by atoms with Crippen LogP contribution in [0.3, 0.4) is 0 Å². The van der Waals surface area contributed by atoms with Crippen LogP contribution in [0.2, 0.25) is 0 Å². The Morgan fingerprint density at radius 2 is 1.85 bits per heavy atom. The molecule has 6 nitrogen and oxygen atoms in total. The molecule has 0 atom stereocenters. The molecule has 2 rings (SSSR count). The van der Waals surface area contributed by atoms with Crippen molar-refractivity contribution < 1.29 is 14.2 Å². The number of hydrogen-bond acceptors (Lipinski definition) is 4. The van der Waals surface area contributed by atoms with Crippen LogP contribution in [0.4, 0.5) is 5.69 Å². The van der Waals surface area contributed by atoms with Crippen LogP contribution in [0.5, 0.6) is 17.2 Å². The number of nitrogens with zero attached hydrogens (tertiary/aromatic N) is 1. The minimum Gasteiger partial charge on any atom is -0.493 e. The second-order valence-electron chi connectivity index (χ2n) is 5.05. The summed E-state index contributed by atoms with van der Waals surface area (Å²) in [6.45, 7) is 0.317. The van der Waals surface area contributed by atoms with Crippen LogP contribution in [0, 0.1) is 12.3 Å². The number of halogens is 1. The molecule has 0 aromatic heterocycles. The van der Waals surface area contributed by atoms with E-state index >= 15 is 0 Å². The predicted octanol–water partition coefficient (Wildman–Crippen LogP) is 3.24. The molecule has 0 spiro atoms. The molecule has 0 fully saturated rings. The topological polar surface area (TPSA) is 78.1 Å². The zero-order valence-corrected chi connectivity index (χ0v) is 17.2. The summed E-state index contributed by atoms with van der Waals surface area (Å²) >= 11 is 0. The Morgan fingerprint density at radius 3 is 2.46 bits per heavy atom. The lowest BCUT2D eigenvalue weighted by molar-refractivity contribution is 0.322. The van der Waals surface area contributed by atoms with Gasteiger partial charge < -0.3 is 25.3 Å². The maximum atomic E-state index is 5.95. The highest BCUT2D eigenvalue weighted by atomic mass is 127. The van der Waals surface area contributed by atoms with Gasteiger partial charge in [-0.3, -0.25) is 0 Å². The van der Waals surface area contributed by atoms with E-state index in [2.05, 4.69) is 16.2 Å². The Hall–Kier alpha value is -2.60. The Balaban J connectivity index is 0.00000338. The molecule has 0 unspecified atom stereocenters. The van der Waals surface area contributed by atoms with Crippen LogP contribution in [-0.2, 0) is 6.54 Å². The molecule has 0 amide bonds. The van der Waals surface area contributed by atoms with Crippen molar-refractivity contribution in [1.29, 1.82) is 0 Å². The van der Waals surface area contributed by atoms with Crippen molar-refractivity contribution in [2.45, 2.75) is 6.54 Å². The van der Waals surface area contributed by atoms with Gasteiger partial charge in [0.1, 0.15) is 0 Å². The van der Waals surface area contributed by atoms with E-state index in [0.29, 0.717) is 23.8 Å². The van der Waals surface area contributed by atoms with Gasteiger partial charge in [0.15, 0.2) is 17.5 Å². The number of benzene rings is 2. The van der Waals surface area contributed by atoms with Crippen molar-refractivity contribution >= 4 is 35.6 Å². The standard InChI is InChI=1S/C19H21N3O3.HI/c1-5-13-7-6-8-15(11-13)22-19(20)21-12-14-9-10-16(23-2)18(25-4)17(14)24-3;/h1,6-11H,12H2,2-4H3,(H3,20,21,22);1H. The van der Waals surface area contributed by atoms with Crippen LogP contribution in [0.15, 0.2) is 41.4 Å². The number of terminal acetylenes is 1. The number of aliphatic imine (C=N–C) groups is 1. The molecule has 0 bridgehead atoms. The first-order chi connectivity index (χ1) is 12.1. The van der Waals surface area contributed by atoms with Crippen molar-refractivity contribution in [3.8, 4) is 29.6 Å². The maximum Gasteiger partial charge on any atom is 0.203 e. The van der Waals surface area contributed by atoms with Gasteiger partial charge in [-0.05, 0) is 30.3 Å². The molecule has 138 valence electrons. The molecular weight excluding hydrogens is 445 g/mol. The number of hydrogen-bond donors (Lipinski definition) is 2. The van der Waals surface area contributed by atoms with Gasteiger partial charge in [0.2, 0.25) is 5.75 Å². The Bertz CT molecular complexity index is 816. The van der Waals surface area contributed by atoms with E-state index in [4.69, 9.17) is 26.4 Å². The van der Waals surface area contributed by atoms with Gasteiger partial charge in [0.05, 0.1) is 27.9 Å². The van der Waals surface area contributed by atoms with Crippen molar-refractivity contribution in [3.63, 3.8) is 0 Å². The van der Waals surface area contributed by atoms with Gasteiger partial charge in [-0.1, -0.05) is 12.0 Å². The summed E-state index contributed by atoms with van der Waals surface area (Å²) in [5, 5.41) is 3.01. The minimum atomic E-state index is 0. The molecule has 0 aliphatic rings. The number of anilines is 1. The lowest BCUT2D eigenvalue weighted by atomic mass is 10.1. The molecule has 0 saturated carbocycles. The zero-order chi connectivity index (χ0) is 18.2. The van der Waals surface area contributed by atoms with Crippen molar-refractivity contribution in [1.82, 2.24) is 0 Å². The third-order valence-corrected chi connectivity index (χ3v) is 3.51. The first kappa shape index (κ1) is 21.4. The maximum absolute atomic E-state index is 5.95. The van der Waals surface area contributed by atoms with E-state index in [1.165, 1.54) is 0 Å². The van der Waals surface area contributed by atoms with Gasteiger partial charge in [-0.15, -0.1) is 30.4 Å². The fourth-order valence-electron chi connectivity index (χ4n) is 2.33. The highest BCUT2D eigenvalue weighted by Crippen LogP contribution is 2.39. The highest BCUT2D eigenvalue weighted by Gasteiger charge is 2.15. The van der Waals surface area contributed by atoms with Gasteiger partial charge >= 0.3 is 0 Å². The van der Waals surface area contributed by atoms with E-state index in [0.717, 1.165) is 16.8 Å². The monoisotopic (exact) mass is 467 g/mol. The average molecular weight is 467 g/mol. The first-order valence-electron chi connectivity index (χ1n) is 7.54. The van der Waals surface area contributed by atoms with Crippen LogP contribution in [0.1, 0.15) is 11.1 Å². The fraction of sp³-hybridized carbons (Fsp3) is 0.211. The smallest absolute Gasteiger partial charge is 0.203 e. The Kier molecular flexibility index (Phi) is 8.58. The van der Waals surface area contributed by atoms with E-state index in [-0.39, 0.29) is 29.9 Å². The van der Waals surface area contributed by atoms with Crippen molar-refractivity contribution in [2.24, 2.45) is 10.7 Å². The van der Waals surface area contributed by atoms with Crippen LogP contribution < -0.4 is 25.3 Å². The van der Waals surface area contributed by atoms with E-state index < -0.39 is 0 Å². The lowest BCUT2D eigenvalue weighted by Gasteiger charge is -2.15. The van der Waals surface area contributed by atoms with E-state index in [1.807, 2.05) is 30.3 Å². The number of rotatable bonds is 6. The fourth-order valence-corrected chi connectivity index (χ4v) is 2.33. The van der Waals surface area contributed by atoms with Crippen molar-refractivity contribution in [3.05, 3.63) is 47.5 Å². The van der Waals surface area contributed by atoms with Gasteiger partial charge in [-0.2, -0.15) is 0 Å². The minimum absolute atomic E-state index is 0. The third-order valence-electron chi connectivity index (χ3n) is 3.51. The Morgan fingerprint density at radius 1 is 1.12 bits per heavy atom. The van der Waals surface area contributed by atoms with E-state index in [9.17, 15) is 0 Å². The SMILES string of the molecule is C#Cc1cccc(NC(N)=NCc2ccc(OC)c(OC)c2OC)c1.I. The molecule has 2 aromatic rings. The summed E-state index contributed by atoms with van der Waals surface area (Å²) in [5.74, 6) is 4.51. The average Bonchev–Trinajstić information content (AvgIpc) is 2.65. The summed E-state index contributed by atoms with van der Waals surface area (Å²) in [4.78, 5) is 4.34. The van der Waals surface area contributed by atoms with Gasteiger partial charge in [0.25, 0.3) is 0 Å². The largest absolute Gasteiger partial charge is 0.493 e. The summed E-state index contributed by atoms with van der Waals surface area (Å²) in [6.07, 6.45) is 5.39. The molecule has 0 saturated heterocycles. The summed E-state index contributed by atoms with van der Waals surface area (Å²) in [7, 11) is 4.70. The number of nitrogens with two attached hydrogens (primary N) is 1. The van der Waals surface area contributed by atoms with Crippen molar-refractivity contribution in [2.75, 3.05) is 26.6 Å². The lowest BCUT2D eigenvalue weighted by Crippen LogP contribution is -2.22. The summed E-state index contributed by atoms with van der Waals surface area (Å²) in [5.41, 5.74) is 8.31. The van der Waals surface area contributed by atoms with Gasteiger partial charge in [-0.25, -0.2) is 4.99 Å². The first-order valence-corrected chi connectivity index (χ1v) is 7.54. The molecule has 2 aromatic carbocycles. The molecule has 3 N–H and O–H groups in total. The second-order valence-corrected chi connectivity index (χ2v) is 5.05. The zero-order valence-electron chi connectivity index (χ0n) is 14.9. The molecule has 0 aliphatic carbocycles. The molecule has 7 heteroatoms. The summed E-state index contributed by atoms with van der Waals surface area (Å²) < 4.78 is 16.1. The van der Waals surface area contributed by atoms with Crippen LogP contribution >= 0.6 is 24.0 Å². The van der Waals surface area contributed by atoms with E-state index in [1.54, 1.807) is 27.4 Å². The van der Waals surface area contributed by atoms with Crippen LogP contribution in [-0.4, -0.2) is 27.3 Å². The highest BCUT2D eigenvalue weighted by molar-refractivity contribution is 14.0. The number of methoxy groups -OCH3 is 3. The number of nitrogens with one attached hydrogen (secondary N) is 1. The summed E-state index contributed by atoms with van der Waals surface area (Å²) in [6, 6.07) is 11.0.